The number of phenols is 1. The highest BCUT2D eigenvalue weighted by Gasteiger charge is 2.35. The first kappa shape index (κ1) is 14.4. The lowest BCUT2D eigenvalue weighted by Gasteiger charge is -2.08. The molecule has 20 heavy (non-hydrogen) atoms. The Labute approximate surface area is 123 Å². The van der Waals surface area contributed by atoms with E-state index >= 15 is 0 Å². The molecule has 1 saturated heterocycles. The van der Waals surface area contributed by atoms with Crippen molar-refractivity contribution in [2.24, 2.45) is 5.73 Å². The molecule has 3 N–H and O–H groups in total. The Hall–Kier alpha value is -1.99. The van der Waals surface area contributed by atoms with Gasteiger partial charge in [-0.2, -0.15) is 0 Å². The van der Waals surface area contributed by atoms with Gasteiger partial charge in [-0.3, -0.25) is 19.3 Å². The number of nitrogens with zero attached hydrogens (tertiary/aromatic N) is 1. The second-order valence-electron chi connectivity index (χ2n) is 3.94. The number of halogens is 1. The van der Waals surface area contributed by atoms with Gasteiger partial charge in [-0.15, -0.1) is 0 Å². The van der Waals surface area contributed by atoms with E-state index in [2.05, 4.69) is 0 Å². The van der Waals surface area contributed by atoms with E-state index in [1.165, 1.54) is 24.3 Å². The summed E-state index contributed by atoms with van der Waals surface area (Å²) in [7, 11) is 0. The number of nitrogens with two attached hydrogens (primary N) is 1. The van der Waals surface area contributed by atoms with Gasteiger partial charge in [-0.1, -0.05) is 11.6 Å². The molecule has 2 rings (SSSR count). The van der Waals surface area contributed by atoms with Crippen LogP contribution in [0, 0.1) is 0 Å². The van der Waals surface area contributed by atoms with E-state index in [1.54, 1.807) is 0 Å². The van der Waals surface area contributed by atoms with Crippen molar-refractivity contribution in [2.75, 3.05) is 6.54 Å². The standard InChI is InChI=1S/C12H9ClN2O4S/c13-7-1-2-8(16)6(3-7)4-9-11(18)15(5-10(14)17)12(19)20-9/h1-4,16H,5H2,(H2,14,17)/b9-4-. The zero-order chi connectivity index (χ0) is 14.9. The first-order valence-corrected chi connectivity index (χ1v) is 6.60. The minimum atomic E-state index is -0.779. The van der Waals surface area contributed by atoms with Gasteiger partial charge in [-0.25, -0.2) is 0 Å². The third-order valence-corrected chi connectivity index (χ3v) is 3.61. The molecule has 1 fully saturated rings. The van der Waals surface area contributed by atoms with Crippen LogP contribution in [0.15, 0.2) is 23.1 Å². The van der Waals surface area contributed by atoms with Crippen molar-refractivity contribution in [1.29, 1.82) is 0 Å². The van der Waals surface area contributed by atoms with Crippen molar-refractivity contribution in [1.82, 2.24) is 4.90 Å². The average Bonchev–Trinajstić information content (AvgIpc) is 2.61. The maximum atomic E-state index is 11.9. The summed E-state index contributed by atoms with van der Waals surface area (Å²) in [5.74, 6) is -1.48. The summed E-state index contributed by atoms with van der Waals surface area (Å²) in [6, 6.07) is 4.33. The molecule has 0 aliphatic carbocycles. The van der Waals surface area contributed by atoms with Crippen LogP contribution in [0.5, 0.6) is 5.75 Å². The van der Waals surface area contributed by atoms with E-state index in [1.807, 2.05) is 0 Å². The number of rotatable bonds is 3. The average molecular weight is 313 g/mol. The quantitative estimate of drug-likeness (QED) is 0.825. The van der Waals surface area contributed by atoms with E-state index in [9.17, 15) is 19.5 Å². The van der Waals surface area contributed by atoms with Crippen molar-refractivity contribution < 1.29 is 19.5 Å². The number of hydrogen-bond acceptors (Lipinski definition) is 5. The van der Waals surface area contributed by atoms with Crippen molar-refractivity contribution in [3.05, 3.63) is 33.7 Å². The van der Waals surface area contributed by atoms with Crippen LogP contribution in [-0.4, -0.2) is 33.6 Å². The fraction of sp³-hybridized carbons (Fsp3) is 0.0833. The molecular weight excluding hydrogens is 304 g/mol. The molecule has 0 radical (unpaired) electrons. The lowest BCUT2D eigenvalue weighted by atomic mass is 10.2. The highest BCUT2D eigenvalue weighted by atomic mass is 35.5. The predicted molar refractivity (Wildman–Crippen MR) is 75.0 cm³/mol. The number of amides is 3. The Morgan fingerprint density at radius 1 is 1.45 bits per heavy atom. The summed E-state index contributed by atoms with van der Waals surface area (Å²) in [5.41, 5.74) is 5.27. The lowest BCUT2D eigenvalue weighted by molar-refractivity contribution is -0.127. The molecule has 0 spiro atoms. The molecule has 1 aliphatic rings. The molecule has 1 aromatic carbocycles. The van der Waals surface area contributed by atoms with E-state index < -0.39 is 23.6 Å². The number of primary amides is 1. The van der Waals surface area contributed by atoms with E-state index in [0.717, 1.165) is 4.90 Å². The number of hydrogen-bond donors (Lipinski definition) is 2. The molecule has 0 aromatic heterocycles. The number of carbonyl (C=O) groups excluding carboxylic acids is 3. The number of phenolic OH excluding ortho intramolecular Hbond substituents is 1. The number of thioether (sulfide) groups is 1. The first-order chi connectivity index (χ1) is 9.38. The number of benzene rings is 1. The van der Waals surface area contributed by atoms with E-state index in [4.69, 9.17) is 17.3 Å². The molecule has 8 heteroatoms. The highest BCUT2D eigenvalue weighted by molar-refractivity contribution is 8.18. The Morgan fingerprint density at radius 2 is 2.15 bits per heavy atom. The largest absolute Gasteiger partial charge is 0.507 e. The highest BCUT2D eigenvalue weighted by Crippen LogP contribution is 2.34. The maximum Gasteiger partial charge on any atom is 0.294 e. The van der Waals surface area contributed by atoms with Crippen LogP contribution in [0.25, 0.3) is 6.08 Å². The summed E-state index contributed by atoms with van der Waals surface area (Å²) in [4.78, 5) is 35.2. The summed E-state index contributed by atoms with van der Waals surface area (Å²) in [6.07, 6.45) is 1.34. The molecule has 0 atom stereocenters. The topological polar surface area (TPSA) is 101 Å². The zero-order valence-corrected chi connectivity index (χ0v) is 11.6. The maximum absolute atomic E-state index is 11.9. The summed E-state index contributed by atoms with van der Waals surface area (Å²) in [5, 5.41) is 9.46. The van der Waals surface area contributed by atoms with Crippen molar-refractivity contribution in [2.45, 2.75) is 0 Å². The molecule has 6 nitrogen and oxygen atoms in total. The van der Waals surface area contributed by atoms with Crippen molar-refractivity contribution in [3.8, 4) is 5.75 Å². The van der Waals surface area contributed by atoms with Gasteiger partial charge in [-0.05, 0) is 36.0 Å². The van der Waals surface area contributed by atoms with Gasteiger partial charge in [0.25, 0.3) is 11.1 Å². The fourth-order valence-electron chi connectivity index (χ4n) is 1.57. The second-order valence-corrected chi connectivity index (χ2v) is 5.37. The van der Waals surface area contributed by atoms with Gasteiger partial charge in [0.1, 0.15) is 12.3 Å². The van der Waals surface area contributed by atoms with Crippen molar-refractivity contribution in [3.63, 3.8) is 0 Å². The molecule has 1 aliphatic heterocycles. The van der Waals surface area contributed by atoms with Crippen molar-refractivity contribution >= 4 is 46.5 Å². The van der Waals surface area contributed by atoms with Crippen LogP contribution in [0.1, 0.15) is 5.56 Å². The van der Waals surface area contributed by atoms with Crippen LogP contribution in [0.4, 0.5) is 4.79 Å². The summed E-state index contributed by atoms with van der Waals surface area (Å²) in [6.45, 7) is -0.469. The second kappa shape index (κ2) is 5.56. The Kier molecular flexibility index (Phi) is 4.01. The molecule has 104 valence electrons. The van der Waals surface area contributed by atoms with E-state index in [0.29, 0.717) is 22.3 Å². The summed E-state index contributed by atoms with van der Waals surface area (Å²) >= 11 is 6.46. The molecular formula is C12H9ClN2O4S. The molecule has 0 bridgehead atoms. The van der Waals surface area contributed by atoms with Gasteiger partial charge in [0.05, 0.1) is 4.91 Å². The number of carbonyl (C=O) groups is 3. The fourth-order valence-corrected chi connectivity index (χ4v) is 2.58. The molecule has 0 saturated carbocycles. The monoisotopic (exact) mass is 312 g/mol. The smallest absolute Gasteiger partial charge is 0.294 e. The van der Waals surface area contributed by atoms with Gasteiger partial charge >= 0.3 is 0 Å². The summed E-state index contributed by atoms with van der Waals surface area (Å²) < 4.78 is 0. The van der Waals surface area contributed by atoms with E-state index in [-0.39, 0.29) is 10.7 Å². The SMILES string of the molecule is NC(=O)CN1C(=O)S/C(=C\c2cc(Cl)ccc2O)C1=O. The number of aromatic hydroxyl groups is 1. The molecule has 0 unspecified atom stereocenters. The predicted octanol–water partition coefficient (Wildman–Crippen LogP) is 1.57. The molecule has 3 amide bonds. The Morgan fingerprint density at radius 3 is 2.80 bits per heavy atom. The van der Waals surface area contributed by atoms with Crippen LogP contribution in [-0.2, 0) is 9.59 Å². The van der Waals surface area contributed by atoms with Crippen LogP contribution >= 0.6 is 23.4 Å². The Bertz CT molecular complexity index is 644. The van der Waals surface area contributed by atoms with Crippen LogP contribution in [0.2, 0.25) is 5.02 Å². The zero-order valence-electron chi connectivity index (χ0n) is 10.00. The molecule has 1 heterocycles. The van der Waals surface area contributed by atoms with Gasteiger partial charge < -0.3 is 10.8 Å². The third-order valence-electron chi connectivity index (χ3n) is 2.46. The molecule has 1 aromatic rings. The Balaban J connectivity index is 2.32. The van der Waals surface area contributed by atoms with Crippen LogP contribution in [0.3, 0.4) is 0 Å². The van der Waals surface area contributed by atoms with Crippen LogP contribution < -0.4 is 5.73 Å². The van der Waals surface area contributed by atoms with Gasteiger partial charge in [0.15, 0.2) is 0 Å². The first-order valence-electron chi connectivity index (χ1n) is 5.40. The van der Waals surface area contributed by atoms with Gasteiger partial charge in [0, 0.05) is 10.6 Å². The minimum Gasteiger partial charge on any atom is -0.507 e. The normalized spacial score (nSPS) is 17.1. The van der Waals surface area contributed by atoms with Gasteiger partial charge in [0.2, 0.25) is 5.91 Å². The third kappa shape index (κ3) is 2.94. The minimum absolute atomic E-state index is 0.0731. The lowest BCUT2D eigenvalue weighted by Crippen LogP contribution is -2.36. The number of imide groups is 1.